The SMILES string of the molecule is CCOC(=O)C1(C(=O)OCC)CCON(C)[C@@H]1c1ccccc1. The van der Waals surface area contributed by atoms with Gasteiger partial charge in [-0.05, 0) is 19.4 Å². The van der Waals surface area contributed by atoms with Gasteiger partial charge < -0.3 is 9.47 Å². The Kier molecular flexibility index (Phi) is 5.74. The Labute approximate surface area is 136 Å². The van der Waals surface area contributed by atoms with E-state index in [1.165, 1.54) is 0 Å². The van der Waals surface area contributed by atoms with Crippen molar-refractivity contribution < 1.29 is 23.9 Å². The van der Waals surface area contributed by atoms with Crippen LogP contribution in [-0.4, -0.2) is 43.9 Å². The van der Waals surface area contributed by atoms with Crippen LogP contribution in [0, 0.1) is 5.41 Å². The fraction of sp³-hybridized carbons (Fsp3) is 0.529. The standard InChI is InChI=1S/C17H23NO5/c1-4-21-15(19)17(16(20)22-5-2)11-12-23-18(3)14(17)13-9-7-6-8-10-13/h6-10,14H,4-5,11-12H2,1-3H3/t14-/m1/s1. The van der Waals surface area contributed by atoms with Gasteiger partial charge in [-0.1, -0.05) is 30.3 Å². The maximum Gasteiger partial charge on any atom is 0.325 e. The topological polar surface area (TPSA) is 65.1 Å². The van der Waals surface area contributed by atoms with E-state index in [1.54, 1.807) is 26.0 Å². The highest BCUT2D eigenvalue weighted by atomic mass is 16.7. The molecule has 0 radical (unpaired) electrons. The Bertz CT molecular complexity index is 527. The molecule has 1 heterocycles. The quantitative estimate of drug-likeness (QED) is 0.611. The van der Waals surface area contributed by atoms with Gasteiger partial charge in [0.15, 0.2) is 5.41 Å². The predicted molar refractivity (Wildman–Crippen MR) is 83.2 cm³/mol. The van der Waals surface area contributed by atoms with Gasteiger partial charge in [-0.15, -0.1) is 0 Å². The van der Waals surface area contributed by atoms with E-state index in [-0.39, 0.29) is 26.2 Å². The van der Waals surface area contributed by atoms with Crippen LogP contribution in [0.25, 0.3) is 0 Å². The number of benzene rings is 1. The zero-order valence-electron chi connectivity index (χ0n) is 13.8. The van der Waals surface area contributed by atoms with Crippen molar-refractivity contribution in [3.8, 4) is 0 Å². The number of ether oxygens (including phenoxy) is 2. The summed E-state index contributed by atoms with van der Waals surface area (Å²) in [6.07, 6.45) is 0.217. The number of hydrogen-bond donors (Lipinski definition) is 0. The largest absolute Gasteiger partial charge is 0.465 e. The van der Waals surface area contributed by atoms with Crippen molar-refractivity contribution in [1.82, 2.24) is 5.06 Å². The molecule has 1 aliphatic rings. The Hall–Kier alpha value is -1.92. The second-order valence-electron chi connectivity index (χ2n) is 5.35. The summed E-state index contributed by atoms with van der Waals surface area (Å²) in [5.41, 5.74) is -0.629. The van der Waals surface area contributed by atoms with Crippen molar-refractivity contribution >= 4 is 11.9 Å². The summed E-state index contributed by atoms with van der Waals surface area (Å²) < 4.78 is 10.5. The number of esters is 2. The summed E-state index contributed by atoms with van der Waals surface area (Å²) >= 11 is 0. The summed E-state index contributed by atoms with van der Waals surface area (Å²) in [4.78, 5) is 31.1. The predicted octanol–water partition coefficient (Wildman–Crippen LogP) is 2.11. The molecule has 0 spiro atoms. The van der Waals surface area contributed by atoms with Crippen LogP contribution in [-0.2, 0) is 23.9 Å². The second kappa shape index (κ2) is 7.57. The van der Waals surface area contributed by atoms with Gasteiger partial charge in [0, 0.05) is 13.5 Å². The first kappa shape index (κ1) is 17.4. The molecule has 1 aliphatic heterocycles. The summed E-state index contributed by atoms with van der Waals surface area (Å²) in [7, 11) is 1.71. The van der Waals surface area contributed by atoms with Gasteiger partial charge in [0.1, 0.15) is 0 Å². The molecule has 0 aromatic heterocycles. The van der Waals surface area contributed by atoms with Crippen LogP contribution in [0.4, 0.5) is 0 Å². The maximum absolute atomic E-state index is 12.8. The van der Waals surface area contributed by atoms with E-state index < -0.39 is 23.4 Å². The van der Waals surface area contributed by atoms with Crippen LogP contribution in [0.15, 0.2) is 30.3 Å². The van der Waals surface area contributed by atoms with Crippen LogP contribution in [0.2, 0.25) is 0 Å². The number of carbonyl (C=O) groups excluding carboxylic acids is 2. The third-order valence-electron chi connectivity index (χ3n) is 4.02. The molecule has 23 heavy (non-hydrogen) atoms. The summed E-state index contributed by atoms with van der Waals surface area (Å²) in [6.45, 7) is 4.09. The molecular formula is C17H23NO5. The molecule has 1 fully saturated rings. The Balaban J connectivity index is 2.54. The van der Waals surface area contributed by atoms with Crippen LogP contribution in [0.3, 0.4) is 0 Å². The molecule has 0 unspecified atom stereocenters. The minimum Gasteiger partial charge on any atom is -0.465 e. The highest BCUT2D eigenvalue weighted by molar-refractivity contribution is 6.01. The number of rotatable bonds is 5. The molecule has 0 saturated carbocycles. The van der Waals surface area contributed by atoms with Gasteiger partial charge in [-0.2, -0.15) is 5.06 Å². The first-order valence-electron chi connectivity index (χ1n) is 7.83. The van der Waals surface area contributed by atoms with Crippen molar-refractivity contribution in [2.75, 3.05) is 26.9 Å². The molecule has 2 rings (SSSR count). The van der Waals surface area contributed by atoms with E-state index in [4.69, 9.17) is 14.3 Å². The lowest BCUT2D eigenvalue weighted by atomic mass is 9.73. The number of carbonyl (C=O) groups is 2. The van der Waals surface area contributed by atoms with Crippen LogP contribution < -0.4 is 0 Å². The zero-order chi connectivity index (χ0) is 16.9. The fourth-order valence-corrected chi connectivity index (χ4v) is 3.03. The summed E-state index contributed by atoms with van der Waals surface area (Å²) in [5, 5.41) is 1.55. The molecular weight excluding hydrogens is 298 g/mol. The lowest BCUT2D eigenvalue weighted by molar-refractivity contribution is -0.247. The zero-order valence-corrected chi connectivity index (χ0v) is 13.8. The smallest absolute Gasteiger partial charge is 0.325 e. The van der Waals surface area contributed by atoms with Gasteiger partial charge in [0.2, 0.25) is 0 Å². The van der Waals surface area contributed by atoms with Gasteiger partial charge in [0.05, 0.1) is 25.9 Å². The van der Waals surface area contributed by atoms with E-state index in [1.807, 2.05) is 30.3 Å². The summed E-state index contributed by atoms with van der Waals surface area (Å²) in [5.74, 6) is -1.13. The van der Waals surface area contributed by atoms with Crippen LogP contribution >= 0.6 is 0 Å². The molecule has 0 N–H and O–H groups in total. The van der Waals surface area contributed by atoms with Crippen molar-refractivity contribution in [2.45, 2.75) is 26.3 Å². The van der Waals surface area contributed by atoms with Crippen molar-refractivity contribution in [3.05, 3.63) is 35.9 Å². The molecule has 6 nitrogen and oxygen atoms in total. The average Bonchev–Trinajstić information content (AvgIpc) is 2.55. The molecule has 1 aromatic rings. The average molecular weight is 321 g/mol. The number of hydroxylamine groups is 2. The summed E-state index contributed by atoms with van der Waals surface area (Å²) in [6, 6.07) is 8.73. The number of hydrogen-bond acceptors (Lipinski definition) is 6. The second-order valence-corrected chi connectivity index (χ2v) is 5.35. The molecule has 0 amide bonds. The highest BCUT2D eigenvalue weighted by Crippen LogP contribution is 2.46. The van der Waals surface area contributed by atoms with Gasteiger partial charge in [-0.3, -0.25) is 14.4 Å². The van der Waals surface area contributed by atoms with Crippen molar-refractivity contribution in [1.29, 1.82) is 0 Å². The third kappa shape index (κ3) is 3.23. The van der Waals surface area contributed by atoms with Crippen molar-refractivity contribution in [2.24, 2.45) is 5.41 Å². The van der Waals surface area contributed by atoms with Gasteiger partial charge in [0.25, 0.3) is 0 Å². The van der Waals surface area contributed by atoms with E-state index in [0.29, 0.717) is 0 Å². The van der Waals surface area contributed by atoms with Crippen LogP contribution in [0.1, 0.15) is 31.9 Å². The molecule has 0 bridgehead atoms. The lowest BCUT2D eigenvalue weighted by Crippen LogP contribution is -2.55. The first-order chi connectivity index (χ1) is 11.1. The maximum atomic E-state index is 12.8. The van der Waals surface area contributed by atoms with Gasteiger partial charge >= 0.3 is 11.9 Å². The lowest BCUT2D eigenvalue weighted by Gasteiger charge is -2.44. The van der Waals surface area contributed by atoms with Crippen LogP contribution in [0.5, 0.6) is 0 Å². The fourth-order valence-electron chi connectivity index (χ4n) is 3.03. The van der Waals surface area contributed by atoms with Gasteiger partial charge in [-0.25, -0.2) is 0 Å². The molecule has 1 aromatic carbocycles. The highest BCUT2D eigenvalue weighted by Gasteiger charge is 2.59. The van der Waals surface area contributed by atoms with Crippen molar-refractivity contribution in [3.63, 3.8) is 0 Å². The molecule has 1 saturated heterocycles. The number of nitrogens with zero attached hydrogens (tertiary/aromatic N) is 1. The molecule has 0 aliphatic carbocycles. The van der Waals surface area contributed by atoms with E-state index in [0.717, 1.165) is 5.56 Å². The molecule has 1 atom stereocenters. The van der Waals surface area contributed by atoms with E-state index in [2.05, 4.69) is 0 Å². The Morgan fingerprint density at radius 3 is 2.26 bits per heavy atom. The molecule has 126 valence electrons. The van der Waals surface area contributed by atoms with E-state index >= 15 is 0 Å². The monoisotopic (exact) mass is 321 g/mol. The van der Waals surface area contributed by atoms with E-state index in [9.17, 15) is 9.59 Å². The normalized spacial score (nSPS) is 20.7. The first-order valence-corrected chi connectivity index (χ1v) is 7.83. The Morgan fingerprint density at radius 2 is 1.74 bits per heavy atom. The Morgan fingerprint density at radius 1 is 1.17 bits per heavy atom. The minimum absolute atomic E-state index is 0.200. The molecule has 6 heteroatoms. The third-order valence-corrected chi connectivity index (χ3v) is 4.02. The minimum atomic E-state index is -1.43.